The minimum absolute atomic E-state index is 0. The predicted molar refractivity (Wildman–Crippen MR) is 36.5 cm³/mol. The Morgan fingerprint density at radius 3 is 1.50 bits per heavy atom. The molecule has 0 rings (SSSR count). The topological polar surface area (TPSA) is 23.1 Å². The van der Waals surface area contributed by atoms with E-state index in [9.17, 15) is 0 Å². The smallest absolute Gasteiger partial charge is 0.855 e. The average Bonchev–Trinajstić information content (AvgIpc) is 1.33. The Balaban J connectivity index is -0.0000000575. The largest absolute Gasteiger partial charge is 2.00 e. The normalized spacial score (nSPS) is 6.75. The van der Waals surface area contributed by atoms with Gasteiger partial charge in [0.15, 0.2) is 0 Å². The molecule has 0 saturated heterocycles. The summed E-state index contributed by atoms with van der Waals surface area (Å²) in [7, 11) is 0. The predicted octanol–water partition coefficient (Wildman–Crippen LogP) is 0.462. The SMILES string of the molecule is CC[O-].[CH2-]C(C)C.[Mg+2]. The van der Waals surface area contributed by atoms with Crippen LogP contribution < -0.4 is 5.11 Å². The van der Waals surface area contributed by atoms with E-state index in [2.05, 4.69) is 20.8 Å². The molecule has 0 aromatic rings. The van der Waals surface area contributed by atoms with E-state index in [1.54, 1.807) is 6.92 Å². The molecule has 0 fully saturated rings. The van der Waals surface area contributed by atoms with Gasteiger partial charge in [0.25, 0.3) is 0 Å². The summed E-state index contributed by atoms with van der Waals surface area (Å²) in [6.45, 7) is 9.32. The molecular formula is C6H14MgO. The molecule has 0 aliphatic rings. The van der Waals surface area contributed by atoms with Gasteiger partial charge in [-0.25, -0.2) is 0 Å². The molecule has 0 aliphatic heterocycles. The van der Waals surface area contributed by atoms with Gasteiger partial charge in [0, 0.05) is 0 Å². The number of rotatable bonds is 0. The van der Waals surface area contributed by atoms with Crippen molar-refractivity contribution in [3.8, 4) is 0 Å². The van der Waals surface area contributed by atoms with E-state index in [1.807, 2.05) is 0 Å². The van der Waals surface area contributed by atoms with E-state index in [-0.39, 0.29) is 29.7 Å². The zero-order chi connectivity index (χ0) is 6.28. The van der Waals surface area contributed by atoms with Gasteiger partial charge in [0.2, 0.25) is 0 Å². The van der Waals surface area contributed by atoms with Gasteiger partial charge in [-0.15, -0.1) is 6.61 Å². The summed E-state index contributed by atoms with van der Waals surface area (Å²) in [5, 5.41) is 8.93. The first kappa shape index (κ1) is 15.9. The van der Waals surface area contributed by atoms with Crippen LogP contribution >= 0.6 is 0 Å². The molecule has 0 spiro atoms. The van der Waals surface area contributed by atoms with Crippen LogP contribution in [0.4, 0.5) is 0 Å². The Hall–Kier alpha value is 0.726. The van der Waals surface area contributed by atoms with E-state index in [0.29, 0.717) is 5.92 Å². The van der Waals surface area contributed by atoms with Crippen molar-refractivity contribution in [2.45, 2.75) is 20.8 Å². The molecule has 0 unspecified atom stereocenters. The summed E-state index contributed by atoms with van der Waals surface area (Å²) in [5.41, 5.74) is 0. The van der Waals surface area contributed by atoms with Crippen molar-refractivity contribution < 1.29 is 5.11 Å². The second kappa shape index (κ2) is 15.6. The third-order valence-corrected chi connectivity index (χ3v) is 0. The molecule has 0 amide bonds. The molecule has 0 saturated carbocycles. The van der Waals surface area contributed by atoms with Crippen molar-refractivity contribution in [3.05, 3.63) is 6.92 Å². The molecule has 2 heteroatoms. The summed E-state index contributed by atoms with van der Waals surface area (Å²) in [5.74, 6) is 0.583. The third kappa shape index (κ3) is 418. The van der Waals surface area contributed by atoms with Crippen LogP contribution in [0.3, 0.4) is 0 Å². The van der Waals surface area contributed by atoms with Crippen LogP contribution in [0, 0.1) is 12.8 Å². The quantitative estimate of drug-likeness (QED) is 0.342. The van der Waals surface area contributed by atoms with Crippen molar-refractivity contribution in [2.24, 2.45) is 5.92 Å². The fourth-order valence-corrected chi connectivity index (χ4v) is 0. The van der Waals surface area contributed by atoms with Crippen LogP contribution in [0.5, 0.6) is 0 Å². The average molecular weight is 126 g/mol. The van der Waals surface area contributed by atoms with E-state index >= 15 is 0 Å². The zero-order valence-corrected chi connectivity index (χ0v) is 7.52. The molecule has 0 heterocycles. The zero-order valence-electron chi connectivity index (χ0n) is 6.11. The van der Waals surface area contributed by atoms with Crippen LogP contribution in [-0.4, -0.2) is 29.7 Å². The van der Waals surface area contributed by atoms with Gasteiger partial charge in [-0.2, -0.15) is 5.92 Å². The Morgan fingerprint density at radius 2 is 1.50 bits per heavy atom. The van der Waals surface area contributed by atoms with Crippen LogP contribution in [0.2, 0.25) is 0 Å². The maximum atomic E-state index is 8.93. The monoisotopic (exact) mass is 126 g/mol. The first-order chi connectivity index (χ1) is 3.15. The molecule has 0 bridgehead atoms. The summed E-state index contributed by atoms with van der Waals surface area (Å²) in [6, 6.07) is 0. The molecule has 0 aliphatic carbocycles. The fraction of sp³-hybridized carbons (Fsp3) is 0.833. The Labute approximate surface area is 68.6 Å². The molecule has 8 heavy (non-hydrogen) atoms. The first-order valence-electron chi connectivity index (χ1n) is 2.56. The molecule has 0 radical (unpaired) electrons. The van der Waals surface area contributed by atoms with Gasteiger partial charge >= 0.3 is 23.1 Å². The van der Waals surface area contributed by atoms with Gasteiger partial charge in [0.1, 0.15) is 0 Å². The van der Waals surface area contributed by atoms with E-state index in [1.165, 1.54) is 0 Å². The van der Waals surface area contributed by atoms with Gasteiger partial charge in [-0.1, -0.05) is 20.8 Å². The van der Waals surface area contributed by atoms with Crippen LogP contribution in [0.1, 0.15) is 20.8 Å². The number of hydrogen-bond acceptors (Lipinski definition) is 1. The first-order valence-corrected chi connectivity index (χ1v) is 2.56. The molecule has 1 nitrogen and oxygen atoms in total. The summed E-state index contributed by atoms with van der Waals surface area (Å²) in [4.78, 5) is 0. The van der Waals surface area contributed by atoms with Crippen LogP contribution in [0.25, 0.3) is 0 Å². The number of hydrogen-bond donors (Lipinski definition) is 0. The molecule has 0 aromatic heterocycles. The van der Waals surface area contributed by atoms with Gasteiger partial charge < -0.3 is 12.0 Å². The summed E-state index contributed by atoms with van der Waals surface area (Å²) in [6.07, 6.45) is 0. The second-order valence-electron chi connectivity index (χ2n) is 1.68. The van der Waals surface area contributed by atoms with Crippen molar-refractivity contribution >= 4 is 23.1 Å². The molecule has 0 N–H and O–H groups in total. The van der Waals surface area contributed by atoms with E-state index < -0.39 is 0 Å². The Kier molecular flexibility index (Phi) is 31.1. The molecule has 0 aromatic carbocycles. The minimum atomic E-state index is 0. The van der Waals surface area contributed by atoms with E-state index in [4.69, 9.17) is 5.11 Å². The van der Waals surface area contributed by atoms with Crippen molar-refractivity contribution in [1.82, 2.24) is 0 Å². The van der Waals surface area contributed by atoms with Crippen molar-refractivity contribution in [2.75, 3.05) is 6.61 Å². The Bertz CT molecular complexity index is 19.7. The van der Waals surface area contributed by atoms with Crippen LogP contribution in [-0.2, 0) is 0 Å². The third-order valence-electron chi connectivity index (χ3n) is 0. The molecule has 46 valence electrons. The van der Waals surface area contributed by atoms with E-state index in [0.717, 1.165) is 0 Å². The van der Waals surface area contributed by atoms with Gasteiger partial charge in [-0.3, -0.25) is 0 Å². The standard InChI is InChI=1S/C4H9.C2H5O.Mg/c1-4(2)3;1-2-3;/h4H,1H2,2-3H3;2H2,1H3;/q2*-1;+2. The summed E-state index contributed by atoms with van der Waals surface area (Å²) >= 11 is 0. The maximum absolute atomic E-state index is 8.93. The Morgan fingerprint density at radius 1 is 1.50 bits per heavy atom. The van der Waals surface area contributed by atoms with Crippen molar-refractivity contribution in [1.29, 1.82) is 0 Å². The second-order valence-corrected chi connectivity index (χ2v) is 1.68. The van der Waals surface area contributed by atoms with Gasteiger partial charge in [-0.05, 0) is 0 Å². The fourth-order valence-electron chi connectivity index (χ4n) is 0. The maximum Gasteiger partial charge on any atom is 2.00 e. The molecule has 0 atom stereocenters. The molecular weight excluding hydrogens is 112 g/mol. The van der Waals surface area contributed by atoms with Gasteiger partial charge in [0.05, 0.1) is 0 Å². The minimum Gasteiger partial charge on any atom is -0.855 e. The van der Waals surface area contributed by atoms with Crippen LogP contribution in [0.15, 0.2) is 0 Å². The summed E-state index contributed by atoms with van der Waals surface area (Å²) < 4.78 is 0. The van der Waals surface area contributed by atoms with Crippen molar-refractivity contribution in [3.63, 3.8) is 0 Å².